The molecule has 13 heteroatoms. The number of nitrogens with one attached hydrogen (secondary N) is 1. The Bertz CT molecular complexity index is 1490. The Morgan fingerprint density at radius 2 is 1.92 bits per heavy atom. The molecule has 0 unspecified atom stereocenters. The highest BCUT2D eigenvalue weighted by Crippen LogP contribution is 2.31. The minimum absolute atomic E-state index is 0.0561. The van der Waals surface area contributed by atoms with Gasteiger partial charge < -0.3 is 25.3 Å². The van der Waals surface area contributed by atoms with Crippen LogP contribution in [-0.2, 0) is 7.05 Å². The number of hydrogen-bond donors (Lipinski definition) is 2. The van der Waals surface area contributed by atoms with Gasteiger partial charge in [-0.2, -0.15) is 4.39 Å². The number of aromatic nitrogens is 3. The Labute approximate surface area is 213 Å². The van der Waals surface area contributed by atoms with Gasteiger partial charge in [-0.05, 0) is 30.3 Å². The highest BCUT2D eigenvalue weighted by Gasteiger charge is 2.22. The molecule has 9 nitrogen and oxygen atoms in total. The maximum absolute atomic E-state index is 14.5. The molecule has 186 valence electrons. The van der Waals surface area contributed by atoms with Crippen LogP contribution >= 0.6 is 22.9 Å². The number of carbonyl (C=O) groups is 2. The summed E-state index contributed by atoms with van der Waals surface area (Å²) in [5.74, 6) is -3.56. The maximum atomic E-state index is 14.5. The molecule has 0 aliphatic rings. The Morgan fingerprint density at radius 1 is 1.17 bits per heavy atom. The number of methoxy groups -OCH3 is 1. The number of thiazole rings is 1. The van der Waals surface area contributed by atoms with Crippen LogP contribution in [0.1, 0.15) is 21.0 Å². The third-order valence-electron chi connectivity index (χ3n) is 5.34. The van der Waals surface area contributed by atoms with Gasteiger partial charge in [0.1, 0.15) is 5.00 Å². The summed E-state index contributed by atoms with van der Waals surface area (Å²) in [6.45, 7) is 0. The van der Waals surface area contributed by atoms with Crippen molar-refractivity contribution < 1.29 is 23.1 Å². The molecule has 2 aromatic heterocycles. The third-order valence-corrected chi connectivity index (χ3v) is 6.55. The van der Waals surface area contributed by atoms with E-state index >= 15 is 0 Å². The summed E-state index contributed by atoms with van der Waals surface area (Å²) in [6, 6.07) is 7.02. The lowest BCUT2D eigenvalue weighted by atomic mass is 10.1. The molecule has 0 bridgehead atoms. The summed E-state index contributed by atoms with van der Waals surface area (Å²) >= 11 is 7.47. The zero-order valence-electron chi connectivity index (χ0n) is 19.2. The second kappa shape index (κ2) is 9.91. The van der Waals surface area contributed by atoms with E-state index in [2.05, 4.69) is 15.3 Å². The summed E-state index contributed by atoms with van der Waals surface area (Å²) < 4.78 is 34.8. The minimum atomic E-state index is -1.14. The number of halogens is 3. The van der Waals surface area contributed by atoms with Crippen molar-refractivity contribution >= 4 is 50.6 Å². The predicted octanol–water partition coefficient (Wildman–Crippen LogP) is 4.59. The zero-order chi connectivity index (χ0) is 26.1. The highest BCUT2D eigenvalue weighted by atomic mass is 35.5. The van der Waals surface area contributed by atoms with E-state index in [1.807, 2.05) is 0 Å². The van der Waals surface area contributed by atoms with E-state index in [0.717, 1.165) is 11.3 Å². The lowest BCUT2D eigenvalue weighted by Crippen LogP contribution is -2.25. The average Bonchev–Trinajstić information content (AvgIpc) is 3.45. The van der Waals surface area contributed by atoms with Crippen molar-refractivity contribution in [3.8, 4) is 17.0 Å². The molecule has 0 saturated heterocycles. The molecule has 0 atom stereocenters. The number of nitrogens with two attached hydrogens (primary N) is 1. The Balaban J connectivity index is 1.54. The van der Waals surface area contributed by atoms with Crippen LogP contribution in [-0.4, -0.2) is 40.5 Å². The first-order chi connectivity index (χ1) is 17.1. The Morgan fingerprint density at radius 3 is 2.56 bits per heavy atom. The smallest absolute Gasteiger partial charge is 0.291 e. The maximum Gasteiger partial charge on any atom is 0.291 e. The first-order valence-corrected chi connectivity index (χ1v) is 11.5. The van der Waals surface area contributed by atoms with E-state index < -0.39 is 17.5 Å². The van der Waals surface area contributed by atoms with Crippen LogP contribution in [0, 0.1) is 11.6 Å². The molecular weight excluding hydrogens is 514 g/mol. The first-order valence-electron chi connectivity index (χ1n) is 10.3. The van der Waals surface area contributed by atoms with Gasteiger partial charge in [0.05, 0.1) is 35.8 Å². The number of hydrogen-bond acceptors (Lipinski definition) is 7. The lowest BCUT2D eigenvalue weighted by Gasteiger charge is -2.16. The fraction of sp³-hybridized carbons (Fsp3) is 0.130. The SMILES string of the molecule is COc1ccc(-c2cnc(C(=O)Nc3ccc(C(=O)N(C)c4cnc(N)s4)c(Cl)c3)n2C)c(F)c1F. The van der Waals surface area contributed by atoms with Crippen LogP contribution in [0.2, 0.25) is 5.02 Å². The Kier molecular flexibility index (Phi) is 6.91. The summed E-state index contributed by atoms with van der Waals surface area (Å²) in [4.78, 5) is 35.0. The molecule has 0 aliphatic carbocycles. The van der Waals surface area contributed by atoms with Crippen LogP contribution in [0.15, 0.2) is 42.7 Å². The number of carbonyl (C=O) groups excluding carboxylic acids is 2. The van der Waals surface area contributed by atoms with Crippen LogP contribution in [0.3, 0.4) is 0 Å². The van der Waals surface area contributed by atoms with Crippen molar-refractivity contribution in [1.82, 2.24) is 14.5 Å². The van der Waals surface area contributed by atoms with Crippen molar-refractivity contribution in [3.05, 3.63) is 70.8 Å². The van der Waals surface area contributed by atoms with E-state index in [0.29, 0.717) is 15.8 Å². The van der Waals surface area contributed by atoms with E-state index in [-0.39, 0.29) is 39.3 Å². The second-order valence-electron chi connectivity index (χ2n) is 7.52. The zero-order valence-corrected chi connectivity index (χ0v) is 20.7. The van der Waals surface area contributed by atoms with E-state index in [1.54, 1.807) is 7.05 Å². The van der Waals surface area contributed by atoms with Gasteiger partial charge in [-0.15, -0.1) is 0 Å². The average molecular weight is 533 g/mol. The molecule has 2 aromatic carbocycles. The van der Waals surface area contributed by atoms with Crippen LogP contribution in [0.5, 0.6) is 5.75 Å². The summed E-state index contributed by atoms with van der Waals surface area (Å²) in [5, 5.41) is 3.62. The van der Waals surface area contributed by atoms with Gasteiger partial charge in [-0.25, -0.2) is 14.4 Å². The van der Waals surface area contributed by atoms with Gasteiger partial charge in [-0.3, -0.25) is 9.59 Å². The molecule has 0 aliphatic heterocycles. The summed E-state index contributed by atoms with van der Waals surface area (Å²) in [5.41, 5.74) is 6.24. The second-order valence-corrected chi connectivity index (χ2v) is 8.97. The van der Waals surface area contributed by atoms with Crippen molar-refractivity contribution in [2.45, 2.75) is 0 Å². The van der Waals surface area contributed by atoms with Gasteiger partial charge >= 0.3 is 0 Å². The number of nitrogens with zero attached hydrogens (tertiary/aromatic N) is 4. The predicted molar refractivity (Wildman–Crippen MR) is 134 cm³/mol. The largest absolute Gasteiger partial charge is 0.494 e. The van der Waals surface area contributed by atoms with Crippen molar-refractivity contribution in [2.75, 3.05) is 30.1 Å². The molecule has 36 heavy (non-hydrogen) atoms. The monoisotopic (exact) mass is 532 g/mol. The number of benzene rings is 2. The van der Waals surface area contributed by atoms with Gasteiger partial charge in [0, 0.05) is 25.3 Å². The molecule has 4 rings (SSSR count). The lowest BCUT2D eigenvalue weighted by molar-refractivity contribution is 0.0991. The molecule has 2 heterocycles. The number of imidazole rings is 1. The fourth-order valence-electron chi connectivity index (χ4n) is 3.43. The molecular formula is C23H19ClF2N6O3S. The van der Waals surface area contributed by atoms with Crippen molar-refractivity contribution in [3.63, 3.8) is 0 Å². The van der Waals surface area contributed by atoms with Crippen molar-refractivity contribution in [1.29, 1.82) is 0 Å². The van der Waals surface area contributed by atoms with Gasteiger partial charge in [0.2, 0.25) is 5.82 Å². The standard InChI is InChI=1S/C23H19ClF2N6O3S/c1-31-15(13-6-7-16(35-3)19(26)18(13)25)9-28-20(31)21(33)30-11-4-5-12(14(24)8-11)22(34)32(2)17-10-29-23(27)36-17/h4-10H,1-3H3,(H2,27,29)(H,30,33). The van der Waals surface area contributed by atoms with Gasteiger partial charge in [0.15, 0.2) is 22.5 Å². The van der Waals surface area contributed by atoms with Crippen LogP contribution < -0.4 is 20.7 Å². The molecule has 2 amide bonds. The molecule has 0 spiro atoms. The number of ether oxygens (including phenoxy) is 1. The number of nitrogen functional groups attached to an aromatic ring is 1. The topological polar surface area (TPSA) is 115 Å². The third kappa shape index (κ3) is 4.60. The normalized spacial score (nSPS) is 10.8. The highest BCUT2D eigenvalue weighted by molar-refractivity contribution is 7.19. The quantitative estimate of drug-likeness (QED) is 0.375. The van der Waals surface area contributed by atoms with Crippen LogP contribution in [0.4, 0.5) is 24.6 Å². The van der Waals surface area contributed by atoms with E-state index in [9.17, 15) is 18.4 Å². The van der Waals surface area contributed by atoms with Gasteiger partial charge in [0.25, 0.3) is 11.8 Å². The molecule has 4 aromatic rings. The summed E-state index contributed by atoms with van der Waals surface area (Å²) in [7, 11) is 4.29. The summed E-state index contributed by atoms with van der Waals surface area (Å²) in [6.07, 6.45) is 2.74. The van der Waals surface area contributed by atoms with Gasteiger partial charge in [-0.1, -0.05) is 22.9 Å². The fourth-order valence-corrected chi connectivity index (χ4v) is 4.33. The number of anilines is 3. The molecule has 0 saturated carbocycles. The number of amides is 2. The van der Waals surface area contributed by atoms with E-state index in [4.69, 9.17) is 22.1 Å². The van der Waals surface area contributed by atoms with Crippen LogP contribution in [0.25, 0.3) is 11.3 Å². The van der Waals surface area contributed by atoms with Crippen molar-refractivity contribution in [2.24, 2.45) is 7.05 Å². The first kappa shape index (κ1) is 25.1. The molecule has 3 N–H and O–H groups in total. The molecule has 0 fully saturated rings. The van der Waals surface area contributed by atoms with E-state index in [1.165, 1.54) is 66.4 Å². The minimum Gasteiger partial charge on any atom is -0.494 e. The number of rotatable bonds is 6. The Hall–Kier alpha value is -4.03. The molecule has 0 radical (unpaired) electrons.